The maximum absolute atomic E-state index is 6.18. The number of anilines is 1. The molecule has 5 heteroatoms. The lowest BCUT2D eigenvalue weighted by Crippen LogP contribution is -1.99. The molecule has 3 rings (SSSR count). The Morgan fingerprint density at radius 2 is 1.95 bits per heavy atom. The number of rotatable bonds is 2. The Kier molecular flexibility index (Phi) is 3.38. The fraction of sp³-hybridized carbons (Fsp3) is 0.214. The van der Waals surface area contributed by atoms with Crippen LogP contribution in [-0.2, 0) is 9.47 Å². The number of nitrogen functional groups attached to an aromatic ring is 1. The zero-order valence-electron chi connectivity index (χ0n) is 10.2. The summed E-state index contributed by atoms with van der Waals surface area (Å²) < 4.78 is 10.8. The summed E-state index contributed by atoms with van der Waals surface area (Å²) in [6, 6.07) is 9.33. The van der Waals surface area contributed by atoms with Crippen LogP contribution in [0.5, 0.6) is 0 Å². The van der Waals surface area contributed by atoms with Gasteiger partial charge in [-0.3, -0.25) is 4.98 Å². The smallest absolute Gasteiger partial charge is 0.185 e. The van der Waals surface area contributed by atoms with E-state index in [1.54, 1.807) is 12.3 Å². The van der Waals surface area contributed by atoms with Gasteiger partial charge >= 0.3 is 0 Å². The number of halogens is 1. The topological polar surface area (TPSA) is 57.4 Å². The van der Waals surface area contributed by atoms with Gasteiger partial charge < -0.3 is 15.2 Å². The Hall–Kier alpha value is -1.62. The van der Waals surface area contributed by atoms with E-state index in [2.05, 4.69) is 4.98 Å². The van der Waals surface area contributed by atoms with Crippen molar-refractivity contribution < 1.29 is 9.47 Å². The zero-order chi connectivity index (χ0) is 13.2. The second-order valence-electron chi connectivity index (χ2n) is 4.26. The van der Waals surface area contributed by atoms with Crippen LogP contribution in [0.4, 0.5) is 5.69 Å². The molecule has 0 amide bonds. The lowest BCUT2D eigenvalue weighted by molar-refractivity contribution is -0.0443. The van der Waals surface area contributed by atoms with E-state index in [0.717, 1.165) is 16.8 Å². The molecular formula is C14H13ClN2O2. The lowest BCUT2D eigenvalue weighted by Gasteiger charge is -2.10. The molecule has 2 heterocycles. The Labute approximate surface area is 116 Å². The first-order valence-corrected chi connectivity index (χ1v) is 6.37. The van der Waals surface area contributed by atoms with Crippen LogP contribution in [0.25, 0.3) is 11.3 Å². The number of pyridine rings is 1. The summed E-state index contributed by atoms with van der Waals surface area (Å²) in [5.74, 6) is 0. The molecule has 2 aromatic rings. The maximum Gasteiger partial charge on any atom is 0.185 e. The van der Waals surface area contributed by atoms with Gasteiger partial charge in [-0.15, -0.1) is 0 Å². The van der Waals surface area contributed by atoms with Crippen molar-refractivity contribution >= 4 is 17.3 Å². The molecule has 0 spiro atoms. The van der Waals surface area contributed by atoms with Gasteiger partial charge in [0.25, 0.3) is 0 Å². The van der Waals surface area contributed by atoms with E-state index in [1.807, 2.05) is 24.3 Å². The molecule has 1 aliphatic heterocycles. The van der Waals surface area contributed by atoms with Crippen LogP contribution in [0.15, 0.2) is 36.5 Å². The molecule has 0 aliphatic carbocycles. The third-order valence-corrected chi connectivity index (χ3v) is 3.41. The predicted octanol–water partition coefficient (Wildman–Crippen LogP) is 3.03. The van der Waals surface area contributed by atoms with Crippen LogP contribution in [-0.4, -0.2) is 18.2 Å². The van der Waals surface area contributed by atoms with Crippen molar-refractivity contribution in [2.24, 2.45) is 0 Å². The van der Waals surface area contributed by atoms with Crippen LogP contribution in [0, 0.1) is 0 Å². The number of nitrogens with two attached hydrogens (primary N) is 1. The molecule has 0 bridgehead atoms. The minimum atomic E-state index is -0.308. The summed E-state index contributed by atoms with van der Waals surface area (Å²) in [4.78, 5) is 4.40. The van der Waals surface area contributed by atoms with E-state index in [4.69, 9.17) is 26.8 Å². The molecule has 0 atom stereocenters. The first kappa shape index (κ1) is 12.4. The summed E-state index contributed by atoms with van der Waals surface area (Å²) in [6.45, 7) is 1.24. The van der Waals surface area contributed by atoms with Crippen LogP contribution in [0.1, 0.15) is 11.9 Å². The molecule has 1 fully saturated rings. The second kappa shape index (κ2) is 5.17. The number of aromatic nitrogens is 1. The predicted molar refractivity (Wildman–Crippen MR) is 73.7 cm³/mol. The quantitative estimate of drug-likeness (QED) is 0.857. The molecule has 0 unspecified atom stereocenters. The molecule has 4 nitrogen and oxygen atoms in total. The molecule has 0 radical (unpaired) electrons. The molecule has 98 valence electrons. The van der Waals surface area contributed by atoms with Crippen LogP contribution in [0.3, 0.4) is 0 Å². The number of ether oxygens (including phenoxy) is 2. The fourth-order valence-corrected chi connectivity index (χ4v) is 2.23. The Balaban J connectivity index is 1.91. The van der Waals surface area contributed by atoms with Gasteiger partial charge in [0.1, 0.15) is 0 Å². The number of nitrogens with zero attached hydrogens (tertiary/aromatic N) is 1. The van der Waals surface area contributed by atoms with Crippen LogP contribution in [0.2, 0.25) is 5.02 Å². The highest BCUT2D eigenvalue weighted by Gasteiger charge is 2.18. The van der Waals surface area contributed by atoms with Gasteiger partial charge in [0, 0.05) is 17.3 Å². The number of hydrogen-bond acceptors (Lipinski definition) is 4. The van der Waals surface area contributed by atoms with E-state index in [9.17, 15) is 0 Å². The van der Waals surface area contributed by atoms with Gasteiger partial charge in [0.2, 0.25) is 0 Å². The Morgan fingerprint density at radius 1 is 1.16 bits per heavy atom. The fourth-order valence-electron chi connectivity index (χ4n) is 2.00. The normalized spacial score (nSPS) is 15.8. The first-order valence-electron chi connectivity index (χ1n) is 5.99. The summed E-state index contributed by atoms with van der Waals surface area (Å²) in [7, 11) is 0. The summed E-state index contributed by atoms with van der Waals surface area (Å²) in [5, 5.41) is 0.524. The third kappa shape index (κ3) is 2.42. The highest BCUT2D eigenvalue weighted by atomic mass is 35.5. The van der Waals surface area contributed by atoms with Crippen molar-refractivity contribution in [3.63, 3.8) is 0 Å². The number of hydrogen-bond donors (Lipinski definition) is 1. The van der Waals surface area contributed by atoms with Crippen molar-refractivity contribution in [2.75, 3.05) is 18.9 Å². The SMILES string of the molecule is Nc1cccc(-c2ccc(C3OCCO3)cn2)c1Cl. The third-order valence-electron chi connectivity index (χ3n) is 2.98. The van der Waals surface area contributed by atoms with Crippen molar-refractivity contribution in [3.05, 3.63) is 47.1 Å². The molecule has 0 saturated carbocycles. The summed E-state index contributed by atoms with van der Waals surface area (Å²) in [5.41, 5.74) is 8.84. The monoisotopic (exact) mass is 276 g/mol. The molecule has 1 aromatic carbocycles. The molecular weight excluding hydrogens is 264 g/mol. The molecule has 19 heavy (non-hydrogen) atoms. The van der Waals surface area contributed by atoms with Crippen molar-refractivity contribution in [1.29, 1.82) is 0 Å². The average molecular weight is 277 g/mol. The van der Waals surface area contributed by atoms with E-state index >= 15 is 0 Å². The van der Waals surface area contributed by atoms with Gasteiger partial charge in [-0.05, 0) is 12.1 Å². The second-order valence-corrected chi connectivity index (χ2v) is 4.64. The van der Waals surface area contributed by atoms with E-state index < -0.39 is 0 Å². The van der Waals surface area contributed by atoms with E-state index in [1.165, 1.54) is 0 Å². The van der Waals surface area contributed by atoms with Gasteiger partial charge in [-0.2, -0.15) is 0 Å². The molecule has 1 saturated heterocycles. The summed E-state index contributed by atoms with van der Waals surface area (Å²) in [6.07, 6.45) is 1.43. The molecule has 2 N–H and O–H groups in total. The van der Waals surface area contributed by atoms with E-state index in [-0.39, 0.29) is 6.29 Å². The molecule has 1 aliphatic rings. The van der Waals surface area contributed by atoms with Crippen molar-refractivity contribution in [1.82, 2.24) is 4.98 Å². The Morgan fingerprint density at radius 3 is 2.63 bits per heavy atom. The number of benzene rings is 1. The van der Waals surface area contributed by atoms with Crippen molar-refractivity contribution in [3.8, 4) is 11.3 Å². The summed E-state index contributed by atoms with van der Waals surface area (Å²) >= 11 is 6.18. The van der Waals surface area contributed by atoms with Crippen molar-refractivity contribution in [2.45, 2.75) is 6.29 Å². The first-order chi connectivity index (χ1) is 9.25. The zero-order valence-corrected chi connectivity index (χ0v) is 10.9. The average Bonchev–Trinajstić information content (AvgIpc) is 2.96. The lowest BCUT2D eigenvalue weighted by atomic mass is 10.1. The maximum atomic E-state index is 6.18. The Bertz CT molecular complexity index is 580. The largest absolute Gasteiger partial charge is 0.398 e. The van der Waals surface area contributed by atoms with Crippen LogP contribution < -0.4 is 5.73 Å². The molecule has 1 aromatic heterocycles. The standard InChI is InChI=1S/C14H13ClN2O2/c15-13-10(2-1-3-11(13)16)12-5-4-9(8-17-12)14-18-6-7-19-14/h1-5,8,14H,6-7,16H2. The highest BCUT2D eigenvalue weighted by molar-refractivity contribution is 6.35. The van der Waals surface area contributed by atoms with Gasteiger partial charge in [-0.25, -0.2) is 0 Å². The van der Waals surface area contributed by atoms with E-state index in [0.29, 0.717) is 23.9 Å². The minimum Gasteiger partial charge on any atom is -0.398 e. The van der Waals surface area contributed by atoms with Gasteiger partial charge in [-0.1, -0.05) is 29.8 Å². The minimum absolute atomic E-state index is 0.308. The van der Waals surface area contributed by atoms with Gasteiger partial charge in [0.15, 0.2) is 6.29 Å². The highest BCUT2D eigenvalue weighted by Crippen LogP contribution is 2.32. The van der Waals surface area contributed by atoms with Gasteiger partial charge in [0.05, 0.1) is 29.6 Å². The van der Waals surface area contributed by atoms with Crippen LogP contribution >= 0.6 is 11.6 Å².